The van der Waals surface area contributed by atoms with Crippen molar-refractivity contribution in [2.24, 2.45) is 0 Å². The Bertz CT molecular complexity index is 927. The number of carboxylic acids is 1. The maximum absolute atomic E-state index is 10.9. The van der Waals surface area contributed by atoms with Gasteiger partial charge in [0.15, 0.2) is 0 Å². The largest absolute Gasteiger partial charge is 0.480 e. The molecule has 0 spiro atoms. The predicted octanol–water partition coefficient (Wildman–Crippen LogP) is 5.17. The molecule has 0 unspecified atom stereocenters. The lowest BCUT2D eigenvalue weighted by molar-refractivity contribution is -0.137. The van der Waals surface area contributed by atoms with Crippen LogP contribution in [0.15, 0.2) is 71.4 Å². The molecule has 3 rings (SSSR count). The maximum atomic E-state index is 10.9. The molecule has 0 amide bonds. The van der Waals surface area contributed by atoms with Crippen LogP contribution in [0.25, 0.3) is 16.7 Å². The highest BCUT2D eigenvalue weighted by molar-refractivity contribution is 7.08. The Morgan fingerprint density at radius 1 is 1.07 bits per heavy atom. The van der Waals surface area contributed by atoms with E-state index in [1.807, 2.05) is 19.2 Å². The normalized spacial score (nSPS) is 11.7. The molecule has 0 aliphatic carbocycles. The smallest absolute Gasteiger partial charge is 0.317 e. The molecule has 0 atom stereocenters. The van der Waals surface area contributed by atoms with Crippen LogP contribution in [-0.2, 0) is 4.79 Å². The minimum atomic E-state index is -0.816. The van der Waals surface area contributed by atoms with Gasteiger partial charge in [-0.3, -0.25) is 9.69 Å². The van der Waals surface area contributed by atoms with Crippen molar-refractivity contribution in [2.45, 2.75) is 6.92 Å². The fraction of sp³-hybridized carbons (Fsp3) is 0.174. The van der Waals surface area contributed by atoms with Gasteiger partial charge in [-0.2, -0.15) is 11.3 Å². The lowest BCUT2D eigenvalue weighted by atomic mass is 9.93. The average Bonchev–Trinajstić information content (AvgIpc) is 3.18. The number of aryl methyl sites for hydroxylation is 1. The summed E-state index contributed by atoms with van der Waals surface area (Å²) in [5.74, 6) is -0.816. The molecule has 1 N–H and O–H groups in total. The number of nitrogens with zero attached hydrogens (tertiary/aromatic N) is 1. The molecule has 0 bridgehead atoms. The number of hydrogen-bond acceptors (Lipinski definition) is 3. The molecule has 1 aromatic heterocycles. The Balaban J connectivity index is 1.94. The standard InChI is InChI=1S/C23H23NO2S/c1-17-5-3-4-6-21(17)22(11-13-24(2)15-23(25)26)19-9-7-18(8-10-19)20-12-14-27-16-20/h3-12,14,16H,13,15H2,1-2H3,(H,25,26). The zero-order valence-electron chi connectivity index (χ0n) is 15.6. The van der Waals surface area contributed by atoms with Gasteiger partial charge in [-0.1, -0.05) is 54.6 Å². The molecule has 2 aromatic carbocycles. The first kappa shape index (κ1) is 19.1. The van der Waals surface area contributed by atoms with Crippen LogP contribution in [0.5, 0.6) is 0 Å². The number of aliphatic carboxylic acids is 1. The third kappa shape index (κ3) is 4.94. The number of carboxylic acid groups (broad SMARTS) is 1. The van der Waals surface area contributed by atoms with E-state index in [0.717, 1.165) is 11.1 Å². The molecule has 138 valence electrons. The molecule has 0 aliphatic heterocycles. The van der Waals surface area contributed by atoms with Gasteiger partial charge in [0.05, 0.1) is 6.54 Å². The van der Waals surface area contributed by atoms with E-state index in [1.165, 1.54) is 22.3 Å². The molecule has 0 radical (unpaired) electrons. The molecule has 4 heteroatoms. The zero-order valence-corrected chi connectivity index (χ0v) is 16.4. The molecule has 0 fully saturated rings. The van der Waals surface area contributed by atoms with Gasteiger partial charge in [0.25, 0.3) is 0 Å². The fourth-order valence-corrected chi connectivity index (χ4v) is 3.74. The van der Waals surface area contributed by atoms with Crippen LogP contribution in [0.2, 0.25) is 0 Å². The SMILES string of the molecule is Cc1ccccc1C(=CCN(C)CC(=O)O)c1ccc(-c2ccsc2)cc1. The van der Waals surface area contributed by atoms with Gasteiger partial charge in [-0.15, -0.1) is 0 Å². The Labute approximate surface area is 164 Å². The summed E-state index contributed by atoms with van der Waals surface area (Å²) in [5, 5.41) is 13.2. The van der Waals surface area contributed by atoms with Crippen LogP contribution in [0.1, 0.15) is 16.7 Å². The molecule has 1 heterocycles. The maximum Gasteiger partial charge on any atom is 0.317 e. The third-order valence-electron chi connectivity index (χ3n) is 4.50. The van der Waals surface area contributed by atoms with Crippen molar-refractivity contribution in [3.05, 3.63) is 88.1 Å². The summed E-state index contributed by atoms with van der Waals surface area (Å²) in [6, 6.07) is 19.0. The summed E-state index contributed by atoms with van der Waals surface area (Å²) in [6.07, 6.45) is 2.12. The highest BCUT2D eigenvalue weighted by Crippen LogP contribution is 2.29. The van der Waals surface area contributed by atoms with Crippen molar-refractivity contribution in [3.8, 4) is 11.1 Å². The van der Waals surface area contributed by atoms with Gasteiger partial charge < -0.3 is 5.11 Å². The summed E-state index contributed by atoms with van der Waals surface area (Å²) < 4.78 is 0. The first-order valence-electron chi connectivity index (χ1n) is 8.84. The summed E-state index contributed by atoms with van der Waals surface area (Å²) in [7, 11) is 1.82. The van der Waals surface area contributed by atoms with E-state index in [-0.39, 0.29) is 6.54 Å². The molecule has 0 aliphatic rings. The summed E-state index contributed by atoms with van der Waals surface area (Å²) >= 11 is 1.70. The highest BCUT2D eigenvalue weighted by Gasteiger charge is 2.10. The molecule has 27 heavy (non-hydrogen) atoms. The predicted molar refractivity (Wildman–Crippen MR) is 113 cm³/mol. The van der Waals surface area contributed by atoms with E-state index in [4.69, 9.17) is 5.11 Å². The lowest BCUT2D eigenvalue weighted by Gasteiger charge is -2.16. The molecule has 3 nitrogen and oxygen atoms in total. The molecule has 0 saturated heterocycles. The van der Waals surface area contributed by atoms with Crippen molar-refractivity contribution in [1.29, 1.82) is 0 Å². The zero-order chi connectivity index (χ0) is 19.2. The second-order valence-corrected chi connectivity index (χ2v) is 7.39. The Morgan fingerprint density at radius 3 is 2.44 bits per heavy atom. The van der Waals surface area contributed by atoms with E-state index in [0.29, 0.717) is 6.54 Å². The minimum absolute atomic E-state index is 0.0225. The Hall–Kier alpha value is -2.69. The van der Waals surface area contributed by atoms with Crippen LogP contribution in [0, 0.1) is 6.92 Å². The van der Waals surface area contributed by atoms with E-state index >= 15 is 0 Å². The monoisotopic (exact) mass is 377 g/mol. The van der Waals surface area contributed by atoms with Gasteiger partial charge in [-0.05, 0) is 64.2 Å². The van der Waals surface area contributed by atoms with Gasteiger partial charge >= 0.3 is 5.97 Å². The number of rotatable bonds is 7. The van der Waals surface area contributed by atoms with Gasteiger partial charge in [0, 0.05) is 6.54 Å². The molecular weight excluding hydrogens is 354 g/mol. The average molecular weight is 378 g/mol. The second-order valence-electron chi connectivity index (χ2n) is 6.61. The highest BCUT2D eigenvalue weighted by atomic mass is 32.1. The minimum Gasteiger partial charge on any atom is -0.480 e. The first-order valence-corrected chi connectivity index (χ1v) is 9.78. The van der Waals surface area contributed by atoms with Crippen molar-refractivity contribution >= 4 is 22.9 Å². The van der Waals surface area contributed by atoms with Crippen LogP contribution in [-0.4, -0.2) is 36.1 Å². The summed E-state index contributed by atoms with van der Waals surface area (Å²) in [6.45, 7) is 2.70. The van der Waals surface area contributed by atoms with Gasteiger partial charge in [-0.25, -0.2) is 0 Å². The summed E-state index contributed by atoms with van der Waals surface area (Å²) in [5.41, 5.74) is 7.06. The van der Waals surface area contributed by atoms with E-state index in [9.17, 15) is 4.79 Å². The molecule has 0 saturated carbocycles. The number of thiophene rings is 1. The lowest BCUT2D eigenvalue weighted by Crippen LogP contribution is -2.25. The van der Waals surface area contributed by atoms with Crippen LogP contribution in [0.3, 0.4) is 0 Å². The van der Waals surface area contributed by atoms with Crippen molar-refractivity contribution in [2.75, 3.05) is 20.1 Å². The summed E-state index contributed by atoms with van der Waals surface area (Å²) in [4.78, 5) is 12.7. The van der Waals surface area contributed by atoms with Crippen molar-refractivity contribution < 1.29 is 9.90 Å². The first-order chi connectivity index (χ1) is 13.0. The van der Waals surface area contributed by atoms with Crippen LogP contribution in [0.4, 0.5) is 0 Å². The molecule has 3 aromatic rings. The van der Waals surface area contributed by atoms with Gasteiger partial charge in [0.2, 0.25) is 0 Å². The van der Waals surface area contributed by atoms with Crippen molar-refractivity contribution in [3.63, 3.8) is 0 Å². The Morgan fingerprint density at radius 2 is 1.81 bits per heavy atom. The molecular formula is C23H23NO2S. The second kappa shape index (κ2) is 8.80. The number of likely N-dealkylation sites (N-methyl/N-ethyl adjacent to an activating group) is 1. The quantitative estimate of drug-likeness (QED) is 0.617. The van der Waals surface area contributed by atoms with Crippen molar-refractivity contribution in [1.82, 2.24) is 4.90 Å². The number of benzene rings is 2. The Kier molecular flexibility index (Phi) is 6.22. The van der Waals surface area contributed by atoms with E-state index in [2.05, 4.69) is 66.2 Å². The van der Waals surface area contributed by atoms with Gasteiger partial charge in [0.1, 0.15) is 0 Å². The van der Waals surface area contributed by atoms with E-state index < -0.39 is 5.97 Å². The van der Waals surface area contributed by atoms with E-state index in [1.54, 1.807) is 16.2 Å². The number of hydrogen-bond donors (Lipinski definition) is 1. The van der Waals surface area contributed by atoms with Crippen LogP contribution < -0.4 is 0 Å². The fourth-order valence-electron chi connectivity index (χ4n) is 3.07. The number of carbonyl (C=O) groups is 1. The van der Waals surface area contributed by atoms with Crippen LogP contribution >= 0.6 is 11.3 Å². The topological polar surface area (TPSA) is 40.5 Å². The third-order valence-corrected chi connectivity index (χ3v) is 5.18.